The molecule has 1 N–H and O–H groups in total. The maximum absolute atomic E-state index is 3.67. The van der Waals surface area contributed by atoms with Crippen LogP contribution in [0.3, 0.4) is 0 Å². The number of benzene rings is 1. The van der Waals surface area contributed by atoms with Gasteiger partial charge >= 0.3 is 0 Å². The second-order valence-corrected chi connectivity index (χ2v) is 6.62. The van der Waals surface area contributed by atoms with Gasteiger partial charge in [-0.25, -0.2) is 0 Å². The highest BCUT2D eigenvalue weighted by Gasteiger charge is 2.37. The minimum atomic E-state index is 0.687. The van der Waals surface area contributed by atoms with E-state index in [1.165, 1.54) is 25.8 Å². The SMILES string of the molecule is CCNC1CCN(C2Cc3ccccc3C2)C(C)C1C. The number of rotatable bonds is 3. The molecule has 1 aliphatic carbocycles. The van der Waals surface area contributed by atoms with Gasteiger partial charge in [0.15, 0.2) is 0 Å². The van der Waals surface area contributed by atoms with E-state index in [0.29, 0.717) is 12.1 Å². The second kappa shape index (κ2) is 5.87. The van der Waals surface area contributed by atoms with Crippen molar-refractivity contribution >= 4 is 0 Å². The first kappa shape index (κ1) is 14.1. The molecule has 20 heavy (non-hydrogen) atoms. The molecule has 1 aliphatic heterocycles. The summed E-state index contributed by atoms with van der Waals surface area (Å²) in [7, 11) is 0. The maximum atomic E-state index is 3.67. The molecule has 1 saturated heterocycles. The van der Waals surface area contributed by atoms with Crippen molar-refractivity contribution in [2.75, 3.05) is 13.1 Å². The van der Waals surface area contributed by atoms with Gasteiger partial charge in [0.05, 0.1) is 0 Å². The van der Waals surface area contributed by atoms with Crippen LogP contribution in [-0.4, -0.2) is 36.1 Å². The quantitative estimate of drug-likeness (QED) is 0.910. The van der Waals surface area contributed by atoms with Crippen molar-refractivity contribution in [1.29, 1.82) is 0 Å². The molecule has 1 aromatic carbocycles. The van der Waals surface area contributed by atoms with Crippen molar-refractivity contribution in [2.24, 2.45) is 5.92 Å². The highest BCUT2D eigenvalue weighted by Crippen LogP contribution is 2.32. The van der Waals surface area contributed by atoms with Crippen molar-refractivity contribution in [1.82, 2.24) is 10.2 Å². The van der Waals surface area contributed by atoms with E-state index >= 15 is 0 Å². The molecule has 0 amide bonds. The van der Waals surface area contributed by atoms with Crippen molar-refractivity contribution < 1.29 is 0 Å². The van der Waals surface area contributed by atoms with E-state index < -0.39 is 0 Å². The summed E-state index contributed by atoms with van der Waals surface area (Å²) in [5.74, 6) is 0.743. The molecule has 3 unspecified atom stereocenters. The topological polar surface area (TPSA) is 15.3 Å². The Morgan fingerprint density at radius 1 is 1.15 bits per heavy atom. The molecule has 3 rings (SSSR count). The minimum absolute atomic E-state index is 0.687. The predicted molar refractivity (Wildman–Crippen MR) is 85.1 cm³/mol. The summed E-state index contributed by atoms with van der Waals surface area (Å²) in [6.07, 6.45) is 3.80. The lowest BCUT2D eigenvalue weighted by Gasteiger charge is -2.46. The third kappa shape index (κ3) is 2.51. The number of likely N-dealkylation sites (tertiary alicyclic amines) is 1. The number of nitrogens with one attached hydrogen (secondary N) is 1. The van der Waals surface area contributed by atoms with Gasteiger partial charge in [-0.1, -0.05) is 38.1 Å². The number of hydrogen-bond donors (Lipinski definition) is 1. The molecule has 2 heteroatoms. The van der Waals surface area contributed by atoms with Gasteiger partial charge in [0.2, 0.25) is 0 Å². The van der Waals surface area contributed by atoms with Crippen LogP contribution in [0.15, 0.2) is 24.3 Å². The van der Waals surface area contributed by atoms with E-state index in [4.69, 9.17) is 0 Å². The molecule has 0 aromatic heterocycles. The average Bonchev–Trinajstić information content (AvgIpc) is 2.88. The molecule has 1 fully saturated rings. The Kier molecular flexibility index (Phi) is 4.13. The molecule has 3 atom stereocenters. The molecule has 0 spiro atoms. The van der Waals surface area contributed by atoms with Crippen LogP contribution in [-0.2, 0) is 12.8 Å². The Balaban J connectivity index is 1.68. The molecule has 2 aliphatic rings. The third-order valence-corrected chi connectivity index (χ3v) is 5.58. The summed E-state index contributed by atoms with van der Waals surface area (Å²) in [6, 6.07) is 11.1. The van der Waals surface area contributed by atoms with Crippen LogP contribution in [0.1, 0.15) is 38.3 Å². The smallest absolute Gasteiger partial charge is 0.0179 e. The summed E-state index contributed by atoms with van der Waals surface area (Å²) in [5, 5.41) is 3.67. The van der Waals surface area contributed by atoms with Gasteiger partial charge in [0.1, 0.15) is 0 Å². The largest absolute Gasteiger partial charge is 0.314 e. The monoisotopic (exact) mass is 272 g/mol. The molecular weight excluding hydrogens is 244 g/mol. The van der Waals surface area contributed by atoms with E-state index in [1.807, 2.05) is 0 Å². The van der Waals surface area contributed by atoms with E-state index in [1.54, 1.807) is 11.1 Å². The predicted octanol–water partition coefficient (Wildman–Crippen LogP) is 2.86. The molecule has 0 bridgehead atoms. The Morgan fingerprint density at radius 3 is 2.40 bits per heavy atom. The fraction of sp³-hybridized carbons (Fsp3) is 0.667. The van der Waals surface area contributed by atoms with Crippen LogP contribution >= 0.6 is 0 Å². The summed E-state index contributed by atoms with van der Waals surface area (Å²) in [4.78, 5) is 2.78. The Bertz CT molecular complexity index is 431. The number of nitrogens with zero attached hydrogens (tertiary/aromatic N) is 1. The fourth-order valence-electron chi connectivity index (χ4n) is 4.23. The summed E-state index contributed by atoms with van der Waals surface area (Å²) >= 11 is 0. The van der Waals surface area contributed by atoms with E-state index in [2.05, 4.69) is 55.3 Å². The van der Waals surface area contributed by atoms with Crippen LogP contribution in [0.25, 0.3) is 0 Å². The van der Waals surface area contributed by atoms with Gasteiger partial charge in [-0.05, 0) is 49.8 Å². The lowest BCUT2D eigenvalue weighted by molar-refractivity contribution is 0.0504. The Morgan fingerprint density at radius 2 is 1.80 bits per heavy atom. The fourth-order valence-corrected chi connectivity index (χ4v) is 4.23. The zero-order valence-corrected chi connectivity index (χ0v) is 13.1. The van der Waals surface area contributed by atoms with Gasteiger partial charge in [-0.2, -0.15) is 0 Å². The standard InChI is InChI=1S/C18H28N2/c1-4-19-18-9-10-20(14(3)13(18)2)17-11-15-7-5-6-8-16(15)12-17/h5-8,13-14,17-19H,4,9-12H2,1-3H3. The molecule has 0 radical (unpaired) electrons. The van der Waals surface area contributed by atoms with Crippen LogP contribution < -0.4 is 5.32 Å². The average molecular weight is 272 g/mol. The number of hydrogen-bond acceptors (Lipinski definition) is 2. The normalized spacial score (nSPS) is 31.4. The summed E-state index contributed by atoms with van der Waals surface area (Å²) in [5.41, 5.74) is 3.15. The number of fused-ring (bicyclic) bond motifs is 1. The lowest BCUT2D eigenvalue weighted by atomic mass is 9.85. The second-order valence-electron chi connectivity index (χ2n) is 6.62. The van der Waals surface area contributed by atoms with Crippen LogP contribution in [0, 0.1) is 5.92 Å². The van der Waals surface area contributed by atoms with Gasteiger partial charge in [-0.3, -0.25) is 4.90 Å². The summed E-state index contributed by atoms with van der Waals surface area (Å²) in [6.45, 7) is 9.42. The minimum Gasteiger partial charge on any atom is -0.314 e. The Labute approximate surface area is 123 Å². The van der Waals surface area contributed by atoms with E-state index in [9.17, 15) is 0 Å². The van der Waals surface area contributed by atoms with Gasteiger partial charge < -0.3 is 5.32 Å². The van der Waals surface area contributed by atoms with Crippen molar-refractivity contribution in [3.8, 4) is 0 Å². The van der Waals surface area contributed by atoms with Crippen molar-refractivity contribution in [3.63, 3.8) is 0 Å². The lowest BCUT2D eigenvalue weighted by Crippen LogP contribution is -2.56. The Hall–Kier alpha value is -0.860. The van der Waals surface area contributed by atoms with Crippen LogP contribution in [0.4, 0.5) is 0 Å². The van der Waals surface area contributed by atoms with Crippen molar-refractivity contribution in [2.45, 2.75) is 58.2 Å². The first-order chi connectivity index (χ1) is 9.70. The van der Waals surface area contributed by atoms with Gasteiger partial charge in [0, 0.05) is 24.7 Å². The molecule has 2 nitrogen and oxygen atoms in total. The molecule has 1 aromatic rings. The van der Waals surface area contributed by atoms with E-state index in [0.717, 1.165) is 18.5 Å². The van der Waals surface area contributed by atoms with Crippen LogP contribution in [0.5, 0.6) is 0 Å². The highest BCUT2D eigenvalue weighted by molar-refractivity contribution is 5.33. The van der Waals surface area contributed by atoms with Crippen LogP contribution in [0.2, 0.25) is 0 Å². The molecule has 110 valence electrons. The van der Waals surface area contributed by atoms with Crippen molar-refractivity contribution in [3.05, 3.63) is 35.4 Å². The highest BCUT2D eigenvalue weighted by atomic mass is 15.2. The molecular formula is C18H28N2. The zero-order chi connectivity index (χ0) is 14.1. The summed E-state index contributed by atoms with van der Waals surface area (Å²) < 4.78 is 0. The third-order valence-electron chi connectivity index (χ3n) is 5.58. The number of piperidine rings is 1. The zero-order valence-electron chi connectivity index (χ0n) is 13.1. The first-order valence-electron chi connectivity index (χ1n) is 8.26. The van der Waals surface area contributed by atoms with E-state index in [-0.39, 0.29) is 0 Å². The molecule has 0 saturated carbocycles. The first-order valence-corrected chi connectivity index (χ1v) is 8.26. The van der Waals surface area contributed by atoms with Gasteiger partial charge in [-0.15, -0.1) is 0 Å². The maximum Gasteiger partial charge on any atom is 0.0179 e. The van der Waals surface area contributed by atoms with Gasteiger partial charge in [0.25, 0.3) is 0 Å². The molecule has 1 heterocycles.